The highest BCUT2D eigenvalue weighted by Crippen LogP contribution is 2.34. The molecule has 2 amide bonds. The monoisotopic (exact) mass is 290 g/mol. The minimum absolute atomic E-state index is 0.153. The highest BCUT2D eigenvalue weighted by molar-refractivity contribution is 5.89. The summed E-state index contributed by atoms with van der Waals surface area (Å²) in [6.07, 6.45) is 3.49. The molecule has 1 aliphatic carbocycles. The van der Waals surface area contributed by atoms with Gasteiger partial charge in [0.25, 0.3) is 0 Å². The molecular formula is C16H22N2O3. The van der Waals surface area contributed by atoms with Crippen LogP contribution in [-0.2, 0) is 0 Å². The van der Waals surface area contributed by atoms with Crippen molar-refractivity contribution in [2.45, 2.75) is 39.2 Å². The maximum absolute atomic E-state index is 12.1. The molecule has 0 unspecified atom stereocenters. The Bertz CT molecular complexity index is 532. The van der Waals surface area contributed by atoms with Gasteiger partial charge in [0.05, 0.1) is 0 Å². The van der Waals surface area contributed by atoms with E-state index in [-0.39, 0.29) is 18.9 Å². The Balaban J connectivity index is 1.59. The lowest BCUT2D eigenvalue weighted by Crippen LogP contribution is -2.45. The minimum atomic E-state index is -0.153. The van der Waals surface area contributed by atoms with Gasteiger partial charge >= 0.3 is 6.03 Å². The molecule has 0 radical (unpaired) electrons. The van der Waals surface area contributed by atoms with E-state index >= 15 is 0 Å². The summed E-state index contributed by atoms with van der Waals surface area (Å²) in [5.74, 6) is 2.57. The van der Waals surface area contributed by atoms with Gasteiger partial charge < -0.3 is 20.1 Å². The first-order chi connectivity index (χ1) is 10.1. The zero-order valence-corrected chi connectivity index (χ0v) is 12.5. The number of urea groups is 1. The summed E-state index contributed by atoms with van der Waals surface area (Å²) in [6.45, 7) is 4.71. The lowest BCUT2D eigenvalue weighted by Gasteiger charge is -2.34. The number of anilines is 1. The van der Waals surface area contributed by atoms with Crippen LogP contribution in [0.4, 0.5) is 10.5 Å². The fraction of sp³-hybridized carbons (Fsp3) is 0.562. The van der Waals surface area contributed by atoms with Crippen LogP contribution >= 0.6 is 0 Å². The van der Waals surface area contributed by atoms with Gasteiger partial charge in [0.2, 0.25) is 6.79 Å². The van der Waals surface area contributed by atoms with Gasteiger partial charge in [-0.15, -0.1) is 0 Å². The van der Waals surface area contributed by atoms with E-state index in [1.807, 2.05) is 12.1 Å². The van der Waals surface area contributed by atoms with E-state index in [0.29, 0.717) is 23.3 Å². The molecule has 1 fully saturated rings. The van der Waals surface area contributed by atoms with Crippen molar-refractivity contribution < 1.29 is 14.3 Å². The van der Waals surface area contributed by atoms with Gasteiger partial charge in [-0.05, 0) is 30.4 Å². The lowest BCUT2D eigenvalue weighted by atomic mass is 9.78. The van der Waals surface area contributed by atoms with Crippen LogP contribution in [0, 0.1) is 11.8 Å². The summed E-state index contributed by atoms with van der Waals surface area (Å²) in [4.78, 5) is 12.1. The number of carbonyl (C=O) groups is 1. The van der Waals surface area contributed by atoms with Gasteiger partial charge in [0.1, 0.15) is 0 Å². The largest absolute Gasteiger partial charge is 0.454 e. The maximum Gasteiger partial charge on any atom is 0.319 e. The molecule has 2 aliphatic rings. The van der Waals surface area contributed by atoms with Crippen LogP contribution in [0.1, 0.15) is 33.1 Å². The second-order valence-electron chi connectivity index (χ2n) is 6.04. The molecule has 5 nitrogen and oxygen atoms in total. The maximum atomic E-state index is 12.1. The first-order valence-corrected chi connectivity index (χ1v) is 7.60. The molecule has 1 heterocycles. The van der Waals surface area contributed by atoms with Crippen molar-refractivity contribution in [3.8, 4) is 11.5 Å². The summed E-state index contributed by atoms with van der Waals surface area (Å²) >= 11 is 0. The number of nitrogens with one attached hydrogen (secondary N) is 2. The molecule has 1 aromatic rings. The number of fused-ring (bicyclic) bond motifs is 1. The number of amides is 2. The Kier molecular flexibility index (Phi) is 3.90. The zero-order valence-electron chi connectivity index (χ0n) is 12.5. The lowest BCUT2D eigenvalue weighted by molar-refractivity contribution is 0.174. The SMILES string of the molecule is C[C@H]1[C@H](C)CCC[C@H]1NC(=O)Nc1ccc2c(c1)OCO2. The van der Waals surface area contributed by atoms with E-state index in [2.05, 4.69) is 24.5 Å². The van der Waals surface area contributed by atoms with Crippen LogP contribution in [0.15, 0.2) is 18.2 Å². The number of benzene rings is 1. The third kappa shape index (κ3) is 3.06. The molecule has 3 rings (SSSR count). The molecule has 0 saturated heterocycles. The topological polar surface area (TPSA) is 59.6 Å². The molecule has 5 heteroatoms. The number of hydrogen-bond acceptors (Lipinski definition) is 3. The molecule has 114 valence electrons. The average Bonchev–Trinajstić information content (AvgIpc) is 2.91. The third-order valence-corrected chi connectivity index (χ3v) is 4.65. The number of rotatable bonds is 2. The average molecular weight is 290 g/mol. The predicted molar refractivity (Wildman–Crippen MR) is 80.7 cm³/mol. The van der Waals surface area contributed by atoms with Gasteiger partial charge in [-0.25, -0.2) is 4.79 Å². The molecule has 0 aromatic heterocycles. The van der Waals surface area contributed by atoms with Crippen LogP contribution in [0.25, 0.3) is 0 Å². The molecule has 1 saturated carbocycles. The Labute approximate surface area is 125 Å². The highest BCUT2D eigenvalue weighted by Gasteiger charge is 2.28. The summed E-state index contributed by atoms with van der Waals surface area (Å²) in [6, 6.07) is 5.51. The standard InChI is InChI=1S/C16H22N2O3/c1-10-4-3-5-13(11(10)2)18-16(19)17-12-6-7-14-15(8-12)21-9-20-14/h6-8,10-11,13H,3-5,9H2,1-2H3,(H2,17,18,19)/t10-,11+,13-/m1/s1. The van der Waals surface area contributed by atoms with Crippen LogP contribution in [0.2, 0.25) is 0 Å². The van der Waals surface area contributed by atoms with Gasteiger partial charge in [0, 0.05) is 17.8 Å². The van der Waals surface area contributed by atoms with Gasteiger partial charge in [-0.3, -0.25) is 0 Å². The predicted octanol–water partition coefficient (Wildman–Crippen LogP) is 3.36. The zero-order chi connectivity index (χ0) is 14.8. The Morgan fingerprint density at radius 3 is 2.86 bits per heavy atom. The molecule has 1 aromatic carbocycles. The van der Waals surface area contributed by atoms with Crippen molar-refractivity contribution in [3.63, 3.8) is 0 Å². The number of carbonyl (C=O) groups excluding carboxylic acids is 1. The van der Waals surface area contributed by atoms with E-state index in [1.54, 1.807) is 6.07 Å². The second-order valence-corrected chi connectivity index (χ2v) is 6.04. The highest BCUT2D eigenvalue weighted by atomic mass is 16.7. The van der Waals surface area contributed by atoms with Gasteiger partial charge in [-0.1, -0.05) is 26.7 Å². The van der Waals surface area contributed by atoms with Crippen molar-refractivity contribution >= 4 is 11.7 Å². The Morgan fingerprint density at radius 2 is 2.00 bits per heavy atom. The summed E-state index contributed by atoms with van der Waals surface area (Å²) in [7, 11) is 0. The van der Waals surface area contributed by atoms with Crippen molar-refractivity contribution in [1.29, 1.82) is 0 Å². The number of hydrogen-bond donors (Lipinski definition) is 2. The minimum Gasteiger partial charge on any atom is -0.454 e. The van der Waals surface area contributed by atoms with E-state index in [0.717, 1.165) is 12.2 Å². The van der Waals surface area contributed by atoms with Crippen molar-refractivity contribution in [2.75, 3.05) is 12.1 Å². The van der Waals surface area contributed by atoms with Crippen LogP contribution in [0.5, 0.6) is 11.5 Å². The molecule has 0 bridgehead atoms. The van der Waals surface area contributed by atoms with Crippen LogP contribution in [0.3, 0.4) is 0 Å². The second kappa shape index (κ2) is 5.84. The smallest absolute Gasteiger partial charge is 0.319 e. The van der Waals surface area contributed by atoms with Crippen LogP contribution < -0.4 is 20.1 Å². The quantitative estimate of drug-likeness (QED) is 0.878. The van der Waals surface area contributed by atoms with E-state index in [1.165, 1.54) is 12.8 Å². The van der Waals surface area contributed by atoms with E-state index in [4.69, 9.17) is 9.47 Å². The molecule has 3 atom stereocenters. The molecule has 1 aliphatic heterocycles. The molecule has 2 N–H and O–H groups in total. The Hall–Kier alpha value is -1.91. The van der Waals surface area contributed by atoms with Crippen molar-refractivity contribution in [3.05, 3.63) is 18.2 Å². The van der Waals surface area contributed by atoms with Crippen molar-refractivity contribution in [1.82, 2.24) is 5.32 Å². The fourth-order valence-corrected chi connectivity index (χ4v) is 3.10. The molecular weight excluding hydrogens is 268 g/mol. The normalized spacial score (nSPS) is 27.2. The first kappa shape index (κ1) is 14.0. The molecule has 0 spiro atoms. The molecule has 21 heavy (non-hydrogen) atoms. The van der Waals surface area contributed by atoms with E-state index < -0.39 is 0 Å². The fourth-order valence-electron chi connectivity index (χ4n) is 3.10. The first-order valence-electron chi connectivity index (χ1n) is 7.60. The van der Waals surface area contributed by atoms with Crippen LogP contribution in [-0.4, -0.2) is 18.9 Å². The van der Waals surface area contributed by atoms with Gasteiger partial charge in [0.15, 0.2) is 11.5 Å². The summed E-state index contributed by atoms with van der Waals surface area (Å²) in [5, 5.41) is 5.96. The van der Waals surface area contributed by atoms with Crippen molar-refractivity contribution in [2.24, 2.45) is 11.8 Å². The van der Waals surface area contributed by atoms with Gasteiger partial charge in [-0.2, -0.15) is 0 Å². The third-order valence-electron chi connectivity index (χ3n) is 4.65. The summed E-state index contributed by atoms with van der Waals surface area (Å²) in [5.41, 5.74) is 0.716. The van der Waals surface area contributed by atoms with E-state index in [9.17, 15) is 4.79 Å². The Morgan fingerprint density at radius 1 is 1.19 bits per heavy atom. The summed E-state index contributed by atoms with van der Waals surface area (Å²) < 4.78 is 10.6. The number of ether oxygens (including phenoxy) is 2.